The molecule has 4 aliphatic heterocycles. The zero-order chi connectivity index (χ0) is 43.8. The van der Waals surface area contributed by atoms with Crippen molar-refractivity contribution >= 4 is 57.7 Å². The Hall–Kier alpha value is -6.22. The monoisotopic (exact) mass is 857 g/mol. The van der Waals surface area contributed by atoms with Crippen molar-refractivity contribution in [2.24, 2.45) is 11.8 Å². The molecule has 5 heterocycles. The summed E-state index contributed by atoms with van der Waals surface area (Å²) in [6.45, 7) is 5.76. The minimum absolute atomic E-state index is 0.00362. The van der Waals surface area contributed by atoms with Crippen LogP contribution in [0.3, 0.4) is 0 Å². The molecule has 1 aliphatic carbocycles. The third-order valence-corrected chi connectivity index (χ3v) is 13.8. The molecule has 0 spiro atoms. The number of amides is 6. The van der Waals surface area contributed by atoms with E-state index in [9.17, 15) is 33.2 Å². The Labute approximate surface area is 365 Å². The quantitative estimate of drug-likeness (QED) is 0.195. The van der Waals surface area contributed by atoms with Crippen LogP contribution in [0.25, 0.3) is 10.9 Å². The van der Waals surface area contributed by atoms with E-state index in [4.69, 9.17) is 4.74 Å². The van der Waals surface area contributed by atoms with Gasteiger partial charge in [-0.25, -0.2) is 4.39 Å². The molecule has 1 aromatic heterocycles. The first-order valence-electron chi connectivity index (χ1n) is 22.2. The van der Waals surface area contributed by atoms with E-state index in [0.717, 1.165) is 47.0 Å². The first-order chi connectivity index (χ1) is 30.5. The van der Waals surface area contributed by atoms with Gasteiger partial charge < -0.3 is 19.9 Å². The van der Waals surface area contributed by atoms with Gasteiger partial charge in [-0.2, -0.15) is 0 Å². The smallest absolute Gasteiger partial charge is 0.264 e. The van der Waals surface area contributed by atoms with E-state index >= 15 is 0 Å². The molecule has 3 saturated heterocycles. The summed E-state index contributed by atoms with van der Waals surface area (Å²) in [5.41, 5.74) is 3.81. The van der Waals surface area contributed by atoms with E-state index < -0.39 is 29.7 Å². The van der Waals surface area contributed by atoms with Gasteiger partial charge in [0.2, 0.25) is 23.6 Å². The number of halogens is 1. The van der Waals surface area contributed by atoms with E-state index in [2.05, 4.69) is 20.5 Å². The van der Waals surface area contributed by atoms with Gasteiger partial charge in [-0.3, -0.25) is 48.9 Å². The van der Waals surface area contributed by atoms with Crippen molar-refractivity contribution < 1.29 is 37.9 Å². The number of ether oxygens (including phenoxy) is 1. The number of fused-ring (bicyclic) bond motifs is 2. The lowest BCUT2D eigenvalue weighted by Gasteiger charge is -2.38. The summed E-state index contributed by atoms with van der Waals surface area (Å²) in [7, 11) is 0. The van der Waals surface area contributed by atoms with E-state index in [1.54, 1.807) is 30.5 Å². The summed E-state index contributed by atoms with van der Waals surface area (Å²) in [4.78, 5) is 89.3. The molecule has 5 aliphatic rings. The van der Waals surface area contributed by atoms with Gasteiger partial charge in [-0.05, 0) is 110 Å². The van der Waals surface area contributed by atoms with Crippen molar-refractivity contribution in [3.8, 4) is 5.75 Å². The third kappa shape index (κ3) is 8.75. The molecule has 15 heteroatoms. The molecule has 1 unspecified atom stereocenters. The number of nitrogens with zero attached hydrogens (tertiary/aromatic N) is 5. The fourth-order valence-electron chi connectivity index (χ4n) is 10.1. The maximum absolute atomic E-state index is 14.1. The molecular formula is C48H52FN7O7. The van der Waals surface area contributed by atoms with Crippen LogP contribution in [0.5, 0.6) is 5.75 Å². The number of pyridine rings is 1. The number of benzene rings is 3. The number of anilines is 2. The molecule has 328 valence electrons. The van der Waals surface area contributed by atoms with E-state index in [0.29, 0.717) is 75.2 Å². The molecule has 0 radical (unpaired) electrons. The fraction of sp³-hybridized carbons (Fsp3) is 0.438. The number of carbonyl (C=O) groups is 6. The van der Waals surface area contributed by atoms with Crippen molar-refractivity contribution in [1.29, 1.82) is 0 Å². The molecular weight excluding hydrogens is 806 g/mol. The van der Waals surface area contributed by atoms with Crippen molar-refractivity contribution in [2.45, 2.75) is 76.4 Å². The maximum Gasteiger partial charge on any atom is 0.264 e. The summed E-state index contributed by atoms with van der Waals surface area (Å²) >= 11 is 0. The van der Waals surface area contributed by atoms with Crippen LogP contribution in [-0.4, -0.2) is 113 Å². The minimum atomic E-state index is -1.02. The van der Waals surface area contributed by atoms with Crippen LogP contribution in [-0.2, 0) is 19.2 Å². The Morgan fingerprint density at radius 1 is 0.857 bits per heavy atom. The Balaban J connectivity index is 0.698. The number of likely N-dealkylation sites (tertiary alicyclic amines) is 1. The van der Waals surface area contributed by atoms with E-state index in [-0.39, 0.29) is 66.1 Å². The highest BCUT2D eigenvalue weighted by Gasteiger charge is 2.46. The zero-order valence-corrected chi connectivity index (χ0v) is 35.4. The third-order valence-electron chi connectivity index (χ3n) is 13.8. The molecule has 3 aromatic carbocycles. The number of carbonyl (C=O) groups excluding carboxylic acids is 6. The Morgan fingerprint density at radius 3 is 2.33 bits per heavy atom. The van der Waals surface area contributed by atoms with Crippen molar-refractivity contribution in [3.05, 3.63) is 95.4 Å². The van der Waals surface area contributed by atoms with Crippen molar-refractivity contribution in [3.63, 3.8) is 0 Å². The van der Waals surface area contributed by atoms with Crippen LogP contribution < -0.4 is 20.3 Å². The van der Waals surface area contributed by atoms with Gasteiger partial charge in [0.05, 0.1) is 28.9 Å². The summed E-state index contributed by atoms with van der Waals surface area (Å²) in [6.07, 6.45) is 7.06. The predicted molar refractivity (Wildman–Crippen MR) is 233 cm³/mol. The Bertz CT molecular complexity index is 2440. The standard InChI is InChI=1S/C48H52FN7O7/c1-29(30-5-7-31(8-6-30)36-17-20-50-39-14-9-32(49)27-38(36)39)45(59)51-33-10-12-34(13-11-33)63-35-18-21-55(22-19-35)43(58)28-53-23-25-54(26-24-53)40-4-2-3-37-44(40)48(62)56(47(37)61)41-15-16-42(57)52-46(41)60/h2-4,9-14,17,20,27,29-31,35,41H,5-8,15-16,18-19,21-26,28H2,1H3,(H,51,59)(H,52,57,60)/t29-,30?,31?,41?/m1/s1. The van der Waals surface area contributed by atoms with Crippen LogP contribution in [0.15, 0.2) is 72.9 Å². The van der Waals surface area contributed by atoms with Crippen molar-refractivity contribution in [1.82, 2.24) is 25.0 Å². The highest BCUT2D eigenvalue weighted by atomic mass is 19.1. The van der Waals surface area contributed by atoms with E-state index in [1.165, 1.54) is 6.07 Å². The SMILES string of the molecule is C[C@@H](C(=O)Nc1ccc(OC2CCN(C(=O)CN3CCN(c4cccc5c4C(=O)N(C4CCC(=O)NC4=O)C5=O)CC3)CC2)cc1)C1CCC(c2ccnc3ccc(F)cc23)CC1. The second-order valence-electron chi connectivity index (χ2n) is 17.6. The largest absolute Gasteiger partial charge is 0.490 e. The number of aromatic nitrogens is 1. The number of hydrogen-bond acceptors (Lipinski definition) is 10. The molecule has 4 aromatic rings. The van der Waals surface area contributed by atoms with Gasteiger partial charge >= 0.3 is 0 Å². The molecule has 14 nitrogen and oxygen atoms in total. The lowest BCUT2D eigenvalue weighted by atomic mass is 9.73. The average Bonchev–Trinajstić information content (AvgIpc) is 3.55. The molecule has 1 saturated carbocycles. The lowest BCUT2D eigenvalue weighted by molar-refractivity contribution is -0.136. The number of imide groups is 2. The summed E-state index contributed by atoms with van der Waals surface area (Å²) in [6, 6.07) is 18.3. The van der Waals surface area contributed by atoms with E-state index in [1.807, 2.05) is 53.1 Å². The Kier molecular flexibility index (Phi) is 11.9. The minimum Gasteiger partial charge on any atom is -0.490 e. The highest BCUT2D eigenvalue weighted by Crippen LogP contribution is 2.41. The molecule has 0 bridgehead atoms. The number of nitrogens with one attached hydrogen (secondary N) is 2. The number of rotatable bonds is 10. The number of hydrogen-bond donors (Lipinski definition) is 2. The van der Waals surface area contributed by atoms with Crippen LogP contribution in [0, 0.1) is 17.7 Å². The first-order valence-corrected chi connectivity index (χ1v) is 22.2. The maximum atomic E-state index is 14.1. The van der Waals surface area contributed by atoms with Gasteiger partial charge in [-0.1, -0.05) is 13.0 Å². The molecule has 2 N–H and O–H groups in total. The highest BCUT2D eigenvalue weighted by molar-refractivity contribution is 6.25. The first kappa shape index (κ1) is 42.1. The number of piperidine rings is 2. The molecule has 9 rings (SSSR count). The Morgan fingerprint density at radius 2 is 1.60 bits per heavy atom. The van der Waals surface area contributed by atoms with Crippen molar-refractivity contribution in [2.75, 3.05) is 56.0 Å². The summed E-state index contributed by atoms with van der Waals surface area (Å²) < 4.78 is 20.3. The normalized spacial score (nSPS) is 22.8. The van der Waals surface area contributed by atoms with Gasteiger partial charge in [0.15, 0.2) is 0 Å². The average molecular weight is 858 g/mol. The van der Waals surface area contributed by atoms with Crippen LogP contribution in [0.4, 0.5) is 15.8 Å². The lowest BCUT2D eigenvalue weighted by Crippen LogP contribution is -2.54. The molecule has 63 heavy (non-hydrogen) atoms. The second-order valence-corrected chi connectivity index (χ2v) is 17.6. The van der Waals surface area contributed by atoms with Gasteiger partial charge in [0, 0.05) is 81.7 Å². The predicted octanol–water partition coefficient (Wildman–Crippen LogP) is 5.52. The van der Waals surface area contributed by atoms with Crippen LogP contribution >= 0.6 is 0 Å². The van der Waals surface area contributed by atoms with Crippen LogP contribution in [0.1, 0.15) is 90.5 Å². The van der Waals surface area contributed by atoms with Gasteiger partial charge in [0.25, 0.3) is 11.8 Å². The fourth-order valence-corrected chi connectivity index (χ4v) is 10.1. The topological polar surface area (TPSA) is 162 Å². The van der Waals surface area contributed by atoms with Gasteiger partial charge in [-0.15, -0.1) is 0 Å². The summed E-state index contributed by atoms with van der Waals surface area (Å²) in [5.74, 6) is -1.17. The summed E-state index contributed by atoms with van der Waals surface area (Å²) in [5, 5.41) is 6.20. The molecule has 4 fully saturated rings. The van der Waals surface area contributed by atoms with Crippen LogP contribution in [0.2, 0.25) is 0 Å². The molecule has 2 atom stereocenters. The number of piperazine rings is 1. The zero-order valence-electron chi connectivity index (χ0n) is 35.4. The molecule has 6 amide bonds. The van der Waals surface area contributed by atoms with Gasteiger partial charge in [0.1, 0.15) is 23.7 Å². The second kappa shape index (κ2) is 17.9.